The number of rotatable bonds is 8. The van der Waals surface area contributed by atoms with Gasteiger partial charge in [-0.3, -0.25) is 4.79 Å². The number of carbonyl (C=O) groups is 2. The standard InChI is InChI=1S/C21H30N2O4/c1-13(2)11-18(21(25)27-6)22-20(24)16-7-8-19-17(12-16)14(3)15(4)23(19)9-10-26-5/h7-8,12-13,18H,9-11H2,1-6H3,(H,22,24). The van der Waals surface area contributed by atoms with Crippen LogP contribution in [0.25, 0.3) is 10.9 Å². The van der Waals surface area contributed by atoms with Gasteiger partial charge in [-0.15, -0.1) is 0 Å². The summed E-state index contributed by atoms with van der Waals surface area (Å²) in [4.78, 5) is 24.7. The van der Waals surface area contributed by atoms with Crippen LogP contribution in [0.15, 0.2) is 18.2 Å². The predicted octanol–water partition coefficient (Wildman–Crippen LogP) is 3.22. The lowest BCUT2D eigenvalue weighted by Gasteiger charge is -2.18. The highest BCUT2D eigenvalue weighted by Gasteiger charge is 2.23. The molecular formula is C21H30N2O4. The summed E-state index contributed by atoms with van der Waals surface area (Å²) in [6.07, 6.45) is 0.534. The zero-order chi connectivity index (χ0) is 20.1. The molecule has 0 spiro atoms. The van der Waals surface area contributed by atoms with Crippen molar-refractivity contribution in [3.05, 3.63) is 35.0 Å². The van der Waals surface area contributed by atoms with Gasteiger partial charge in [-0.1, -0.05) is 13.8 Å². The number of carbonyl (C=O) groups excluding carboxylic acids is 2. The highest BCUT2D eigenvalue weighted by atomic mass is 16.5. The molecule has 2 rings (SSSR count). The number of aromatic nitrogens is 1. The van der Waals surface area contributed by atoms with Crippen LogP contribution >= 0.6 is 0 Å². The molecular weight excluding hydrogens is 344 g/mol. The molecule has 6 heteroatoms. The first-order valence-electron chi connectivity index (χ1n) is 9.27. The summed E-state index contributed by atoms with van der Waals surface area (Å²) in [7, 11) is 3.02. The van der Waals surface area contributed by atoms with E-state index in [0.717, 1.165) is 28.7 Å². The fraction of sp³-hybridized carbons (Fsp3) is 0.524. The molecule has 2 aromatic rings. The number of hydrogen-bond donors (Lipinski definition) is 1. The molecule has 27 heavy (non-hydrogen) atoms. The first-order valence-corrected chi connectivity index (χ1v) is 9.27. The summed E-state index contributed by atoms with van der Waals surface area (Å²) in [5, 5.41) is 3.85. The Labute approximate surface area is 160 Å². The zero-order valence-electron chi connectivity index (χ0n) is 17.1. The van der Waals surface area contributed by atoms with Crippen LogP contribution in [0.2, 0.25) is 0 Å². The quantitative estimate of drug-likeness (QED) is 0.720. The lowest BCUT2D eigenvalue weighted by atomic mass is 10.0. The van der Waals surface area contributed by atoms with E-state index in [1.807, 2.05) is 26.0 Å². The smallest absolute Gasteiger partial charge is 0.328 e. The molecule has 1 amide bonds. The first-order chi connectivity index (χ1) is 12.8. The Kier molecular flexibility index (Phi) is 7.02. The molecule has 1 unspecified atom stereocenters. The van der Waals surface area contributed by atoms with Gasteiger partial charge >= 0.3 is 5.97 Å². The average molecular weight is 374 g/mol. The summed E-state index contributed by atoms with van der Waals surface area (Å²) in [6.45, 7) is 9.52. The minimum absolute atomic E-state index is 0.261. The van der Waals surface area contributed by atoms with E-state index in [9.17, 15) is 9.59 Å². The van der Waals surface area contributed by atoms with Gasteiger partial charge in [0.1, 0.15) is 6.04 Å². The molecule has 6 nitrogen and oxygen atoms in total. The SMILES string of the molecule is COCCn1c(C)c(C)c2cc(C(=O)NC(CC(C)C)C(=O)OC)ccc21. The number of esters is 1. The topological polar surface area (TPSA) is 69.6 Å². The number of aryl methyl sites for hydroxylation is 1. The second-order valence-electron chi connectivity index (χ2n) is 7.27. The summed E-state index contributed by atoms with van der Waals surface area (Å²) in [5.74, 6) is -0.429. The third-order valence-electron chi connectivity index (χ3n) is 4.92. The second kappa shape index (κ2) is 9.04. The van der Waals surface area contributed by atoms with E-state index in [2.05, 4.69) is 23.7 Å². The van der Waals surface area contributed by atoms with Gasteiger partial charge in [0.2, 0.25) is 0 Å². The monoisotopic (exact) mass is 374 g/mol. The average Bonchev–Trinajstić information content (AvgIpc) is 2.88. The summed E-state index contributed by atoms with van der Waals surface area (Å²) < 4.78 is 12.2. The maximum Gasteiger partial charge on any atom is 0.328 e. The molecule has 0 aliphatic heterocycles. The van der Waals surface area contributed by atoms with Crippen molar-refractivity contribution in [2.45, 2.75) is 46.7 Å². The fourth-order valence-electron chi connectivity index (χ4n) is 3.33. The van der Waals surface area contributed by atoms with E-state index in [0.29, 0.717) is 18.6 Å². The molecule has 1 heterocycles. The number of amides is 1. The third kappa shape index (κ3) is 4.69. The Hall–Kier alpha value is -2.34. The highest BCUT2D eigenvalue weighted by Crippen LogP contribution is 2.26. The van der Waals surface area contributed by atoms with Crippen LogP contribution in [0.4, 0.5) is 0 Å². The molecule has 0 saturated carbocycles. The molecule has 1 atom stereocenters. The van der Waals surface area contributed by atoms with Gasteiger partial charge in [0.05, 0.1) is 13.7 Å². The summed E-state index contributed by atoms with van der Waals surface area (Å²) in [5.41, 5.74) is 3.91. The van der Waals surface area contributed by atoms with Gasteiger partial charge in [-0.05, 0) is 49.9 Å². The normalized spacial score (nSPS) is 12.4. The van der Waals surface area contributed by atoms with E-state index < -0.39 is 12.0 Å². The molecule has 0 radical (unpaired) electrons. The van der Waals surface area contributed by atoms with Crippen molar-refractivity contribution in [2.75, 3.05) is 20.8 Å². The summed E-state index contributed by atoms with van der Waals surface area (Å²) in [6, 6.07) is 4.99. The van der Waals surface area contributed by atoms with Gasteiger partial charge in [0, 0.05) is 35.8 Å². The number of nitrogens with one attached hydrogen (secondary N) is 1. The highest BCUT2D eigenvalue weighted by molar-refractivity contribution is 6.00. The van der Waals surface area contributed by atoms with Crippen LogP contribution in [0.3, 0.4) is 0 Å². The number of ether oxygens (including phenoxy) is 2. The zero-order valence-corrected chi connectivity index (χ0v) is 17.1. The van der Waals surface area contributed by atoms with E-state index in [4.69, 9.17) is 9.47 Å². The minimum atomic E-state index is -0.646. The molecule has 1 N–H and O–H groups in total. The van der Waals surface area contributed by atoms with E-state index in [1.54, 1.807) is 13.2 Å². The van der Waals surface area contributed by atoms with Gasteiger partial charge in [0.15, 0.2) is 0 Å². The largest absolute Gasteiger partial charge is 0.467 e. The molecule has 148 valence electrons. The summed E-state index contributed by atoms with van der Waals surface area (Å²) >= 11 is 0. The maximum atomic E-state index is 12.7. The number of hydrogen-bond acceptors (Lipinski definition) is 4. The fourth-order valence-corrected chi connectivity index (χ4v) is 3.33. The van der Waals surface area contributed by atoms with Gasteiger partial charge in [-0.2, -0.15) is 0 Å². The van der Waals surface area contributed by atoms with E-state index >= 15 is 0 Å². The molecule has 0 fully saturated rings. The number of benzene rings is 1. The first kappa shape index (κ1) is 21.0. The van der Waals surface area contributed by atoms with Crippen LogP contribution in [-0.4, -0.2) is 43.3 Å². The van der Waals surface area contributed by atoms with Crippen molar-refractivity contribution in [2.24, 2.45) is 5.92 Å². The van der Waals surface area contributed by atoms with Crippen molar-refractivity contribution in [1.29, 1.82) is 0 Å². The van der Waals surface area contributed by atoms with Crippen molar-refractivity contribution in [1.82, 2.24) is 9.88 Å². The van der Waals surface area contributed by atoms with Gasteiger partial charge in [-0.25, -0.2) is 4.79 Å². The van der Waals surface area contributed by atoms with Gasteiger partial charge in [0.25, 0.3) is 5.91 Å². The van der Waals surface area contributed by atoms with Crippen LogP contribution in [0.1, 0.15) is 41.9 Å². The second-order valence-corrected chi connectivity index (χ2v) is 7.27. The van der Waals surface area contributed by atoms with Crippen molar-refractivity contribution < 1.29 is 19.1 Å². The Morgan fingerprint density at radius 1 is 1.19 bits per heavy atom. The lowest BCUT2D eigenvalue weighted by Crippen LogP contribution is -2.42. The maximum absolute atomic E-state index is 12.7. The molecule has 0 saturated heterocycles. The Morgan fingerprint density at radius 3 is 2.48 bits per heavy atom. The number of nitrogens with zero attached hydrogens (tertiary/aromatic N) is 1. The van der Waals surface area contributed by atoms with Crippen LogP contribution < -0.4 is 5.32 Å². The minimum Gasteiger partial charge on any atom is -0.467 e. The van der Waals surface area contributed by atoms with Crippen LogP contribution in [-0.2, 0) is 20.8 Å². The van der Waals surface area contributed by atoms with Crippen molar-refractivity contribution in [3.63, 3.8) is 0 Å². The van der Waals surface area contributed by atoms with Gasteiger partial charge < -0.3 is 19.4 Å². The molecule has 0 bridgehead atoms. The van der Waals surface area contributed by atoms with Crippen LogP contribution in [0, 0.1) is 19.8 Å². The van der Waals surface area contributed by atoms with Crippen molar-refractivity contribution in [3.8, 4) is 0 Å². The third-order valence-corrected chi connectivity index (χ3v) is 4.92. The Morgan fingerprint density at radius 2 is 1.89 bits per heavy atom. The predicted molar refractivity (Wildman–Crippen MR) is 106 cm³/mol. The Balaban J connectivity index is 2.31. The number of fused-ring (bicyclic) bond motifs is 1. The van der Waals surface area contributed by atoms with Crippen LogP contribution in [0.5, 0.6) is 0 Å². The van der Waals surface area contributed by atoms with E-state index in [-0.39, 0.29) is 11.8 Å². The molecule has 0 aliphatic rings. The number of methoxy groups -OCH3 is 2. The molecule has 1 aromatic heterocycles. The molecule has 1 aromatic carbocycles. The Bertz CT molecular complexity index is 823. The molecule has 0 aliphatic carbocycles. The lowest BCUT2D eigenvalue weighted by molar-refractivity contribution is -0.143. The van der Waals surface area contributed by atoms with Crippen molar-refractivity contribution >= 4 is 22.8 Å². The van der Waals surface area contributed by atoms with E-state index in [1.165, 1.54) is 7.11 Å².